The molecule has 0 atom stereocenters. The van der Waals surface area contributed by atoms with Gasteiger partial charge in [0.25, 0.3) is 0 Å². The zero-order chi connectivity index (χ0) is 11.5. The van der Waals surface area contributed by atoms with Crippen molar-refractivity contribution in [2.75, 3.05) is 0 Å². The van der Waals surface area contributed by atoms with E-state index >= 15 is 0 Å². The molecule has 1 saturated heterocycles. The van der Waals surface area contributed by atoms with E-state index in [2.05, 4.69) is 13.8 Å². The molecular formula is C14H26O2. The van der Waals surface area contributed by atoms with E-state index in [4.69, 9.17) is 9.78 Å². The van der Waals surface area contributed by atoms with Crippen molar-refractivity contribution in [1.29, 1.82) is 0 Å². The Hall–Kier alpha value is -0.0800. The van der Waals surface area contributed by atoms with Crippen LogP contribution in [0.5, 0.6) is 0 Å². The number of hydrogen-bond acceptors (Lipinski definition) is 2. The highest BCUT2D eigenvalue weighted by Gasteiger charge is 2.50. The molecule has 1 saturated carbocycles. The van der Waals surface area contributed by atoms with Gasteiger partial charge in [-0.15, -0.1) is 0 Å². The third-order valence-electron chi connectivity index (χ3n) is 4.22. The van der Waals surface area contributed by atoms with Crippen LogP contribution in [0.2, 0.25) is 0 Å². The summed E-state index contributed by atoms with van der Waals surface area (Å²) in [6.07, 6.45) is 12.3. The maximum atomic E-state index is 5.81. The molecule has 16 heavy (non-hydrogen) atoms. The molecule has 1 spiro atoms. The van der Waals surface area contributed by atoms with Crippen LogP contribution in [-0.2, 0) is 9.78 Å². The van der Waals surface area contributed by atoms with Crippen molar-refractivity contribution in [3.63, 3.8) is 0 Å². The Morgan fingerprint density at radius 2 is 1.50 bits per heavy atom. The molecule has 2 heteroatoms. The van der Waals surface area contributed by atoms with Crippen molar-refractivity contribution in [3.05, 3.63) is 0 Å². The van der Waals surface area contributed by atoms with Gasteiger partial charge in [-0.25, -0.2) is 9.78 Å². The molecule has 2 rings (SSSR count). The molecule has 0 N–H and O–H groups in total. The lowest BCUT2D eigenvalue weighted by molar-refractivity contribution is -0.356. The largest absolute Gasteiger partial charge is 0.229 e. The minimum Gasteiger partial charge on any atom is -0.229 e. The van der Waals surface area contributed by atoms with Crippen LogP contribution >= 0.6 is 0 Å². The zero-order valence-electron chi connectivity index (χ0n) is 10.9. The van der Waals surface area contributed by atoms with Gasteiger partial charge in [0.2, 0.25) is 0 Å². The second-order valence-electron chi connectivity index (χ2n) is 5.77. The lowest BCUT2D eigenvalue weighted by atomic mass is 9.75. The standard InChI is InChI=1S/C14H26O2/c1-3-8-13(9-4-2)12-14(16-15-13)10-6-5-7-11-14/h3-12H2,1-2H3. The summed E-state index contributed by atoms with van der Waals surface area (Å²) in [7, 11) is 0. The maximum Gasteiger partial charge on any atom is 0.106 e. The quantitative estimate of drug-likeness (QED) is 0.662. The van der Waals surface area contributed by atoms with E-state index < -0.39 is 0 Å². The molecule has 0 radical (unpaired) electrons. The van der Waals surface area contributed by atoms with Crippen LogP contribution in [0.3, 0.4) is 0 Å². The highest BCUT2D eigenvalue weighted by Crippen LogP contribution is 2.48. The van der Waals surface area contributed by atoms with Gasteiger partial charge in [-0.05, 0) is 25.7 Å². The Labute approximate surface area is 99.6 Å². The Balaban J connectivity index is 2.01. The fraction of sp³-hybridized carbons (Fsp3) is 1.00. The maximum absolute atomic E-state index is 5.81. The van der Waals surface area contributed by atoms with Gasteiger partial charge in [0.05, 0.1) is 0 Å². The highest BCUT2D eigenvalue weighted by molar-refractivity contribution is 4.96. The molecule has 1 aliphatic heterocycles. The lowest BCUT2D eigenvalue weighted by Crippen LogP contribution is -2.34. The Morgan fingerprint density at radius 3 is 2.06 bits per heavy atom. The van der Waals surface area contributed by atoms with Crippen molar-refractivity contribution in [3.8, 4) is 0 Å². The van der Waals surface area contributed by atoms with Crippen LogP contribution in [0.1, 0.15) is 78.1 Å². The van der Waals surface area contributed by atoms with Crippen LogP contribution < -0.4 is 0 Å². The fourth-order valence-electron chi connectivity index (χ4n) is 3.58. The van der Waals surface area contributed by atoms with Crippen LogP contribution in [-0.4, -0.2) is 11.2 Å². The molecular weight excluding hydrogens is 200 g/mol. The molecule has 0 bridgehead atoms. The predicted octanol–water partition coefficient (Wildman–Crippen LogP) is 4.38. The van der Waals surface area contributed by atoms with Crippen LogP contribution in [0.4, 0.5) is 0 Å². The van der Waals surface area contributed by atoms with Crippen LogP contribution in [0.15, 0.2) is 0 Å². The van der Waals surface area contributed by atoms with Crippen molar-refractivity contribution < 1.29 is 9.78 Å². The van der Waals surface area contributed by atoms with Crippen molar-refractivity contribution in [2.45, 2.75) is 89.3 Å². The number of rotatable bonds is 4. The first-order valence-corrected chi connectivity index (χ1v) is 7.11. The van der Waals surface area contributed by atoms with Crippen molar-refractivity contribution >= 4 is 0 Å². The molecule has 0 aromatic rings. The van der Waals surface area contributed by atoms with Gasteiger partial charge in [-0.1, -0.05) is 46.0 Å². The molecule has 0 unspecified atom stereocenters. The van der Waals surface area contributed by atoms with Gasteiger partial charge >= 0.3 is 0 Å². The number of hydrogen-bond donors (Lipinski definition) is 0. The van der Waals surface area contributed by atoms with Gasteiger partial charge in [0, 0.05) is 6.42 Å². The average molecular weight is 226 g/mol. The topological polar surface area (TPSA) is 18.5 Å². The third kappa shape index (κ3) is 2.43. The molecule has 2 aliphatic rings. The Morgan fingerprint density at radius 1 is 0.875 bits per heavy atom. The van der Waals surface area contributed by atoms with Gasteiger partial charge in [-0.3, -0.25) is 0 Å². The summed E-state index contributed by atoms with van der Waals surface area (Å²) in [4.78, 5) is 11.6. The van der Waals surface area contributed by atoms with E-state index in [1.165, 1.54) is 44.9 Å². The molecule has 1 aliphatic carbocycles. The second-order valence-corrected chi connectivity index (χ2v) is 5.77. The first-order valence-electron chi connectivity index (χ1n) is 7.11. The smallest absolute Gasteiger partial charge is 0.106 e. The van der Waals surface area contributed by atoms with E-state index in [9.17, 15) is 0 Å². The minimum atomic E-state index is 0.0425. The van der Waals surface area contributed by atoms with Crippen molar-refractivity contribution in [1.82, 2.24) is 0 Å². The van der Waals surface area contributed by atoms with E-state index in [1.807, 2.05) is 0 Å². The monoisotopic (exact) mass is 226 g/mol. The lowest BCUT2D eigenvalue weighted by Gasteiger charge is -2.31. The summed E-state index contributed by atoms with van der Waals surface area (Å²) in [6, 6.07) is 0. The van der Waals surface area contributed by atoms with Crippen LogP contribution in [0, 0.1) is 0 Å². The SMILES string of the molecule is CCCC1(CCC)CC2(CCCCC2)OO1. The minimum absolute atomic E-state index is 0.0425. The zero-order valence-corrected chi connectivity index (χ0v) is 10.9. The second kappa shape index (κ2) is 5.05. The average Bonchev–Trinajstić information content (AvgIpc) is 2.60. The van der Waals surface area contributed by atoms with E-state index in [-0.39, 0.29) is 11.2 Å². The summed E-state index contributed by atoms with van der Waals surface area (Å²) in [5.41, 5.74) is 0.128. The summed E-state index contributed by atoms with van der Waals surface area (Å²) in [6.45, 7) is 4.49. The highest BCUT2D eigenvalue weighted by atomic mass is 17.2. The first-order chi connectivity index (χ1) is 7.74. The predicted molar refractivity (Wildman–Crippen MR) is 65.2 cm³/mol. The van der Waals surface area contributed by atoms with E-state index in [0.717, 1.165) is 19.3 Å². The molecule has 1 heterocycles. The van der Waals surface area contributed by atoms with Gasteiger partial charge < -0.3 is 0 Å². The van der Waals surface area contributed by atoms with Gasteiger partial charge in [-0.2, -0.15) is 0 Å². The van der Waals surface area contributed by atoms with Gasteiger partial charge in [0.15, 0.2) is 0 Å². The third-order valence-corrected chi connectivity index (χ3v) is 4.22. The summed E-state index contributed by atoms with van der Waals surface area (Å²) in [5.74, 6) is 0. The molecule has 0 amide bonds. The molecule has 0 aromatic carbocycles. The van der Waals surface area contributed by atoms with Gasteiger partial charge in [0.1, 0.15) is 11.2 Å². The summed E-state index contributed by atoms with van der Waals surface area (Å²) < 4.78 is 0. The first kappa shape index (κ1) is 12.4. The van der Waals surface area contributed by atoms with Crippen LogP contribution in [0.25, 0.3) is 0 Å². The molecule has 94 valence electrons. The van der Waals surface area contributed by atoms with Crippen molar-refractivity contribution in [2.24, 2.45) is 0 Å². The molecule has 2 nitrogen and oxygen atoms in total. The Bertz CT molecular complexity index is 213. The molecule has 0 aromatic heterocycles. The normalized spacial score (nSPS) is 27.4. The Kier molecular flexibility index (Phi) is 3.91. The fourth-order valence-corrected chi connectivity index (χ4v) is 3.58. The van der Waals surface area contributed by atoms with E-state index in [0.29, 0.717) is 0 Å². The molecule has 2 fully saturated rings. The summed E-state index contributed by atoms with van der Waals surface area (Å²) >= 11 is 0. The summed E-state index contributed by atoms with van der Waals surface area (Å²) in [5, 5.41) is 0. The van der Waals surface area contributed by atoms with E-state index in [1.54, 1.807) is 0 Å².